The Morgan fingerprint density at radius 2 is 2.10 bits per heavy atom. The molecule has 0 aliphatic carbocycles. The quantitative estimate of drug-likeness (QED) is 0.843. The molecule has 2 rings (SSSR count). The maximum Gasteiger partial charge on any atom is 0.323 e. The Balaban J connectivity index is 2.39. The number of H-pyrrole nitrogens is 1. The topological polar surface area (TPSA) is 73.4 Å². The van der Waals surface area contributed by atoms with Gasteiger partial charge in [0, 0.05) is 22.2 Å². The lowest BCUT2D eigenvalue weighted by molar-refractivity contribution is -0.137. The molecule has 1 amide bonds. The fourth-order valence-corrected chi connectivity index (χ4v) is 2.25. The van der Waals surface area contributed by atoms with E-state index in [0.29, 0.717) is 5.56 Å². The van der Waals surface area contributed by atoms with Crippen LogP contribution in [0.15, 0.2) is 18.2 Å². The van der Waals surface area contributed by atoms with E-state index in [1.165, 1.54) is 0 Å². The Morgan fingerprint density at radius 3 is 2.71 bits per heavy atom. The van der Waals surface area contributed by atoms with Gasteiger partial charge < -0.3 is 15.0 Å². The molecule has 2 aromatic rings. The normalized spacial score (nSPS) is 10.3. The number of amides is 1. The lowest BCUT2D eigenvalue weighted by Gasteiger charge is -2.18. The number of rotatable bonds is 4. The highest BCUT2D eigenvalue weighted by Crippen LogP contribution is 2.23. The molecule has 0 atom stereocenters. The first-order chi connectivity index (χ1) is 9.93. The van der Waals surface area contributed by atoms with E-state index >= 15 is 0 Å². The second-order valence-electron chi connectivity index (χ2n) is 4.89. The van der Waals surface area contributed by atoms with Gasteiger partial charge in [-0.15, -0.1) is 6.42 Å². The number of hydrogen-bond acceptors (Lipinski definition) is 2. The fourth-order valence-electron chi connectivity index (χ4n) is 2.25. The minimum absolute atomic E-state index is 0.0334. The molecule has 0 saturated carbocycles. The average Bonchev–Trinajstić information content (AvgIpc) is 2.72. The molecule has 0 saturated heterocycles. The van der Waals surface area contributed by atoms with E-state index in [9.17, 15) is 9.59 Å². The summed E-state index contributed by atoms with van der Waals surface area (Å²) < 4.78 is 0. The fraction of sp³-hybridized carbons (Fsp3) is 0.250. The molecule has 5 nitrogen and oxygen atoms in total. The number of carbonyl (C=O) groups is 2. The number of carbonyl (C=O) groups excluding carboxylic acids is 1. The summed E-state index contributed by atoms with van der Waals surface area (Å²) in [6.45, 7) is 3.49. The number of carboxylic acids is 1. The molecule has 0 bridgehead atoms. The predicted octanol–water partition coefficient (Wildman–Crippen LogP) is 1.94. The standard InChI is InChI=1S/C16H16N2O3/c1-4-7-18(9-15(19)20)16(21)12-5-6-14-13(8-12)10(2)11(3)17-14/h1,5-6,8,17H,7,9H2,2-3H3,(H,19,20). The van der Waals surface area contributed by atoms with Crippen molar-refractivity contribution in [1.82, 2.24) is 9.88 Å². The lowest BCUT2D eigenvalue weighted by atomic mass is 10.1. The van der Waals surface area contributed by atoms with Gasteiger partial charge in [-0.3, -0.25) is 9.59 Å². The van der Waals surface area contributed by atoms with Crippen LogP contribution in [0.5, 0.6) is 0 Å². The molecule has 1 aromatic heterocycles. The maximum atomic E-state index is 12.4. The van der Waals surface area contributed by atoms with E-state index < -0.39 is 12.5 Å². The Kier molecular flexibility index (Phi) is 3.99. The van der Waals surface area contributed by atoms with Crippen molar-refractivity contribution >= 4 is 22.8 Å². The molecule has 5 heteroatoms. The lowest BCUT2D eigenvalue weighted by Crippen LogP contribution is -2.35. The van der Waals surface area contributed by atoms with Crippen LogP contribution in [0, 0.1) is 26.2 Å². The van der Waals surface area contributed by atoms with Crippen molar-refractivity contribution in [2.24, 2.45) is 0 Å². The summed E-state index contributed by atoms with van der Waals surface area (Å²) in [4.78, 5) is 27.6. The molecule has 0 aliphatic heterocycles. The van der Waals surface area contributed by atoms with Crippen molar-refractivity contribution in [1.29, 1.82) is 0 Å². The first-order valence-electron chi connectivity index (χ1n) is 6.47. The molecular weight excluding hydrogens is 268 g/mol. The Morgan fingerprint density at radius 1 is 1.38 bits per heavy atom. The second-order valence-corrected chi connectivity index (χ2v) is 4.89. The van der Waals surface area contributed by atoms with Crippen LogP contribution < -0.4 is 0 Å². The van der Waals surface area contributed by atoms with Gasteiger partial charge in [0.05, 0.1) is 6.54 Å². The molecule has 21 heavy (non-hydrogen) atoms. The summed E-state index contributed by atoms with van der Waals surface area (Å²) in [6, 6.07) is 5.25. The number of benzene rings is 1. The van der Waals surface area contributed by atoms with Crippen LogP contribution in [0.4, 0.5) is 0 Å². The minimum atomic E-state index is -1.09. The van der Waals surface area contributed by atoms with Crippen LogP contribution >= 0.6 is 0 Å². The van der Waals surface area contributed by atoms with Crippen molar-refractivity contribution in [2.45, 2.75) is 13.8 Å². The SMILES string of the molecule is C#CCN(CC(=O)O)C(=O)c1ccc2[nH]c(C)c(C)c2c1. The summed E-state index contributed by atoms with van der Waals surface area (Å²) in [7, 11) is 0. The molecule has 0 unspecified atom stereocenters. The van der Waals surface area contributed by atoms with Gasteiger partial charge in [0.25, 0.3) is 5.91 Å². The van der Waals surface area contributed by atoms with Crippen molar-refractivity contribution in [3.63, 3.8) is 0 Å². The summed E-state index contributed by atoms with van der Waals surface area (Å²) >= 11 is 0. The first kappa shape index (κ1) is 14.7. The summed E-state index contributed by atoms with van der Waals surface area (Å²) in [5, 5.41) is 9.81. The zero-order chi connectivity index (χ0) is 15.6. The monoisotopic (exact) mass is 284 g/mol. The molecule has 2 N–H and O–H groups in total. The Hall–Kier alpha value is -2.74. The number of carboxylic acid groups (broad SMARTS) is 1. The number of fused-ring (bicyclic) bond motifs is 1. The summed E-state index contributed by atoms with van der Waals surface area (Å²) in [5.41, 5.74) is 3.49. The average molecular weight is 284 g/mol. The van der Waals surface area contributed by atoms with E-state index in [2.05, 4.69) is 10.9 Å². The summed E-state index contributed by atoms with van der Waals surface area (Å²) in [6.07, 6.45) is 5.20. The number of hydrogen-bond donors (Lipinski definition) is 2. The van der Waals surface area contributed by atoms with E-state index in [0.717, 1.165) is 27.1 Å². The van der Waals surface area contributed by atoms with E-state index in [4.69, 9.17) is 11.5 Å². The zero-order valence-corrected chi connectivity index (χ0v) is 11.9. The van der Waals surface area contributed by atoms with Gasteiger partial charge in [0.15, 0.2) is 0 Å². The molecule has 0 spiro atoms. The molecule has 108 valence electrons. The first-order valence-corrected chi connectivity index (χ1v) is 6.47. The number of nitrogens with zero attached hydrogens (tertiary/aromatic N) is 1. The van der Waals surface area contributed by atoms with Gasteiger partial charge in [-0.25, -0.2) is 0 Å². The maximum absolute atomic E-state index is 12.4. The van der Waals surface area contributed by atoms with Gasteiger partial charge in [-0.1, -0.05) is 5.92 Å². The molecular formula is C16H16N2O3. The zero-order valence-electron chi connectivity index (χ0n) is 11.9. The highest BCUT2D eigenvalue weighted by molar-refractivity contribution is 6.00. The number of aromatic amines is 1. The van der Waals surface area contributed by atoms with Crippen molar-refractivity contribution in [2.75, 3.05) is 13.1 Å². The molecule has 1 heterocycles. The van der Waals surface area contributed by atoms with Crippen molar-refractivity contribution < 1.29 is 14.7 Å². The number of terminal acetylenes is 1. The van der Waals surface area contributed by atoms with Crippen LogP contribution in [0.2, 0.25) is 0 Å². The van der Waals surface area contributed by atoms with Crippen LogP contribution in [-0.2, 0) is 4.79 Å². The van der Waals surface area contributed by atoms with Gasteiger partial charge in [-0.2, -0.15) is 0 Å². The Bertz CT molecular complexity index is 753. The molecule has 0 aliphatic rings. The van der Waals surface area contributed by atoms with Crippen molar-refractivity contribution in [3.05, 3.63) is 35.0 Å². The van der Waals surface area contributed by atoms with Crippen LogP contribution in [0.3, 0.4) is 0 Å². The van der Waals surface area contributed by atoms with Gasteiger partial charge in [0.2, 0.25) is 0 Å². The number of aliphatic carboxylic acids is 1. The smallest absolute Gasteiger partial charge is 0.323 e. The van der Waals surface area contributed by atoms with Crippen LogP contribution in [0.25, 0.3) is 10.9 Å². The van der Waals surface area contributed by atoms with Gasteiger partial charge in [0.1, 0.15) is 6.54 Å². The number of nitrogens with one attached hydrogen (secondary N) is 1. The molecule has 0 radical (unpaired) electrons. The van der Waals surface area contributed by atoms with E-state index in [1.807, 2.05) is 19.9 Å². The third-order valence-electron chi connectivity index (χ3n) is 3.45. The van der Waals surface area contributed by atoms with Gasteiger partial charge >= 0.3 is 5.97 Å². The third kappa shape index (κ3) is 2.90. The molecule has 0 fully saturated rings. The van der Waals surface area contributed by atoms with Crippen molar-refractivity contribution in [3.8, 4) is 12.3 Å². The Labute approximate surface area is 122 Å². The van der Waals surface area contributed by atoms with E-state index in [-0.39, 0.29) is 12.5 Å². The minimum Gasteiger partial charge on any atom is -0.480 e. The van der Waals surface area contributed by atoms with Gasteiger partial charge in [-0.05, 0) is 37.6 Å². The highest BCUT2D eigenvalue weighted by Gasteiger charge is 2.18. The number of aromatic nitrogens is 1. The second kappa shape index (κ2) is 5.71. The van der Waals surface area contributed by atoms with Crippen LogP contribution in [0.1, 0.15) is 21.6 Å². The predicted molar refractivity (Wildman–Crippen MR) is 80.1 cm³/mol. The highest BCUT2D eigenvalue weighted by atomic mass is 16.4. The molecule has 1 aromatic carbocycles. The third-order valence-corrected chi connectivity index (χ3v) is 3.45. The van der Waals surface area contributed by atoms with Crippen LogP contribution in [-0.4, -0.2) is 40.0 Å². The van der Waals surface area contributed by atoms with E-state index in [1.54, 1.807) is 12.1 Å². The summed E-state index contributed by atoms with van der Waals surface area (Å²) in [5.74, 6) is 0.843. The number of aryl methyl sites for hydroxylation is 2. The largest absolute Gasteiger partial charge is 0.480 e.